The second-order valence-corrected chi connectivity index (χ2v) is 4.44. The summed E-state index contributed by atoms with van der Waals surface area (Å²) in [4.78, 5) is 2.15. The van der Waals surface area contributed by atoms with E-state index in [0.29, 0.717) is 10.2 Å². The minimum absolute atomic E-state index is 0.211. The van der Waals surface area contributed by atoms with Crippen LogP contribution in [-0.2, 0) is 0 Å². The Morgan fingerprint density at radius 2 is 1.89 bits per heavy atom. The topological polar surface area (TPSA) is 106 Å². The van der Waals surface area contributed by atoms with E-state index < -0.39 is 0 Å². The average Bonchev–Trinajstić information content (AvgIpc) is 2.45. The number of anilines is 3. The molecular weight excluding hydrogens is 248 g/mol. The first-order valence-corrected chi connectivity index (χ1v) is 6.05. The zero-order valence-corrected chi connectivity index (χ0v) is 10.2. The van der Waals surface area contributed by atoms with Gasteiger partial charge in [0.25, 0.3) is 0 Å². The molecule has 2 aliphatic heterocycles. The standard InChI is InChI=1S/C11H14N6O2/c12-11-14-17(19)9-2-1-8(7-10(9)16(11)18)15-5-3-13-4-6-15/h1-2,7,13H,3-6H2,(H2,12,14)/q-2. The Morgan fingerprint density at radius 3 is 2.63 bits per heavy atom. The second-order valence-electron chi connectivity index (χ2n) is 4.44. The van der Waals surface area contributed by atoms with Gasteiger partial charge in [-0.25, -0.2) is 0 Å². The van der Waals surface area contributed by atoms with E-state index in [1.807, 2.05) is 6.07 Å². The molecule has 0 aliphatic carbocycles. The van der Waals surface area contributed by atoms with Gasteiger partial charge < -0.3 is 36.6 Å². The molecule has 3 N–H and O–H groups in total. The molecule has 2 heterocycles. The smallest absolute Gasteiger partial charge is 0.207 e. The van der Waals surface area contributed by atoms with Crippen molar-refractivity contribution in [2.45, 2.75) is 0 Å². The number of hydrazone groups is 1. The summed E-state index contributed by atoms with van der Waals surface area (Å²) < 4.78 is 0. The first-order valence-electron chi connectivity index (χ1n) is 6.05. The molecule has 1 fully saturated rings. The number of nitrogens with one attached hydrogen (secondary N) is 1. The third-order valence-electron chi connectivity index (χ3n) is 3.27. The van der Waals surface area contributed by atoms with Gasteiger partial charge in [-0.2, -0.15) is 0 Å². The number of rotatable bonds is 1. The molecule has 0 bridgehead atoms. The number of hydrogen-bond acceptors (Lipinski definition) is 8. The highest BCUT2D eigenvalue weighted by molar-refractivity contribution is 6.02. The van der Waals surface area contributed by atoms with Gasteiger partial charge in [0.05, 0.1) is 11.4 Å². The number of guanidine groups is 1. The van der Waals surface area contributed by atoms with Crippen LogP contribution in [0.2, 0.25) is 0 Å². The Bertz CT molecular complexity index is 514. The van der Waals surface area contributed by atoms with Crippen LogP contribution in [0.1, 0.15) is 0 Å². The van der Waals surface area contributed by atoms with Gasteiger partial charge in [0, 0.05) is 31.9 Å². The summed E-state index contributed by atoms with van der Waals surface area (Å²) in [6.45, 7) is 3.52. The molecule has 8 heteroatoms. The summed E-state index contributed by atoms with van der Waals surface area (Å²) in [6, 6.07) is 5.10. The van der Waals surface area contributed by atoms with E-state index in [2.05, 4.69) is 15.3 Å². The minimum atomic E-state index is -0.347. The van der Waals surface area contributed by atoms with Crippen molar-refractivity contribution in [3.05, 3.63) is 28.6 Å². The van der Waals surface area contributed by atoms with Gasteiger partial charge in [0.15, 0.2) is 0 Å². The van der Waals surface area contributed by atoms with Crippen LogP contribution in [-0.4, -0.2) is 32.1 Å². The van der Waals surface area contributed by atoms with Crippen LogP contribution >= 0.6 is 0 Å². The molecule has 0 aromatic heterocycles. The predicted octanol–water partition coefficient (Wildman–Crippen LogP) is -0.0521. The van der Waals surface area contributed by atoms with Crippen molar-refractivity contribution >= 4 is 23.0 Å². The van der Waals surface area contributed by atoms with Gasteiger partial charge in [-0.1, -0.05) is 0 Å². The summed E-state index contributed by atoms with van der Waals surface area (Å²) in [5.74, 6) is -0.347. The normalized spacial score (nSPS) is 19.3. The number of nitrogens with zero attached hydrogens (tertiary/aromatic N) is 4. The summed E-state index contributed by atoms with van der Waals surface area (Å²) in [7, 11) is 0. The molecule has 1 saturated heterocycles. The van der Waals surface area contributed by atoms with Crippen LogP contribution in [0.3, 0.4) is 0 Å². The Morgan fingerprint density at radius 1 is 1.16 bits per heavy atom. The van der Waals surface area contributed by atoms with E-state index in [1.54, 1.807) is 12.1 Å². The molecule has 0 atom stereocenters. The summed E-state index contributed by atoms with van der Waals surface area (Å²) in [5.41, 5.74) is 6.76. The molecule has 19 heavy (non-hydrogen) atoms. The monoisotopic (exact) mass is 262 g/mol. The molecule has 0 unspecified atom stereocenters. The zero-order chi connectivity index (χ0) is 13.4. The van der Waals surface area contributed by atoms with E-state index in [4.69, 9.17) is 5.73 Å². The van der Waals surface area contributed by atoms with Crippen molar-refractivity contribution in [2.75, 3.05) is 41.3 Å². The molecule has 1 aromatic carbocycles. The van der Waals surface area contributed by atoms with Crippen molar-refractivity contribution in [2.24, 2.45) is 10.8 Å². The number of nitrogens with two attached hydrogens (primary N) is 1. The van der Waals surface area contributed by atoms with Gasteiger partial charge in [-0.3, -0.25) is 0 Å². The predicted molar refractivity (Wildman–Crippen MR) is 74.8 cm³/mol. The Kier molecular flexibility index (Phi) is 2.90. The molecule has 1 aromatic rings. The van der Waals surface area contributed by atoms with Crippen LogP contribution in [0.4, 0.5) is 17.1 Å². The molecule has 2 aliphatic rings. The fourth-order valence-electron chi connectivity index (χ4n) is 2.27. The summed E-state index contributed by atoms with van der Waals surface area (Å²) in [5, 5.41) is 31.0. The SMILES string of the molecule is NC1=NN([O-])c2ccc(N3CCNCC3)cc2N1[O-]. The molecule has 0 spiro atoms. The minimum Gasteiger partial charge on any atom is -0.752 e. The lowest BCUT2D eigenvalue weighted by Gasteiger charge is -2.41. The average molecular weight is 262 g/mol. The van der Waals surface area contributed by atoms with Gasteiger partial charge >= 0.3 is 0 Å². The number of piperazine rings is 1. The van der Waals surface area contributed by atoms with Gasteiger partial charge in [0.1, 0.15) is 0 Å². The molecule has 0 amide bonds. The lowest BCUT2D eigenvalue weighted by Crippen LogP contribution is -2.44. The molecule has 0 radical (unpaired) electrons. The van der Waals surface area contributed by atoms with Crippen LogP contribution in [0.25, 0.3) is 0 Å². The van der Waals surface area contributed by atoms with Crippen molar-refractivity contribution in [3.8, 4) is 0 Å². The van der Waals surface area contributed by atoms with Gasteiger partial charge in [-0.15, -0.1) is 5.10 Å². The van der Waals surface area contributed by atoms with Crippen LogP contribution in [0.15, 0.2) is 23.3 Å². The highest BCUT2D eigenvalue weighted by atomic mass is 16.5. The van der Waals surface area contributed by atoms with Gasteiger partial charge in [0.2, 0.25) is 5.96 Å². The van der Waals surface area contributed by atoms with E-state index >= 15 is 0 Å². The maximum absolute atomic E-state index is 11.9. The summed E-state index contributed by atoms with van der Waals surface area (Å²) >= 11 is 0. The van der Waals surface area contributed by atoms with E-state index in [0.717, 1.165) is 31.9 Å². The first-order chi connectivity index (χ1) is 9.16. The Hall–Kier alpha value is -2.03. The lowest BCUT2D eigenvalue weighted by molar-refractivity contribution is 0.589. The maximum atomic E-state index is 11.9. The number of hydrogen-bond donors (Lipinski definition) is 2. The van der Waals surface area contributed by atoms with E-state index in [1.165, 1.54) is 0 Å². The van der Waals surface area contributed by atoms with Crippen molar-refractivity contribution < 1.29 is 0 Å². The highest BCUT2D eigenvalue weighted by Gasteiger charge is 2.17. The first kappa shape index (κ1) is 12.0. The third-order valence-corrected chi connectivity index (χ3v) is 3.27. The molecule has 0 saturated carbocycles. The van der Waals surface area contributed by atoms with Crippen LogP contribution in [0, 0.1) is 10.4 Å². The van der Waals surface area contributed by atoms with Crippen molar-refractivity contribution in [3.63, 3.8) is 0 Å². The molecule has 102 valence electrons. The summed E-state index contributed by atoms with van der Waals surface area (Å²) in [6.07, 6.45) is 0. The van der Waals surface area contributed by atoms with E-state index in [9.17, 15) is 10.4 Å². The number of hydroxylamine groups is 1. The van der Waals surface area contributed by atoms with Crippen LogP contribution in [0.5, 0.6) is 0 Å². The third kappa shape index (κ3) is 2.05. The second kappa shape index (κ2) is 4.57. The van der Waals surface area contributed by atoms with Crippen molar-refractivity contribution in [1.82, 2.24) is 5.32 Å². The maximum Gasteiger partial charge on any atom is 0.207 e. The van der Waals surface area contributed by atoms with Gasteiger partial charge in [-0.05, 0) is 18.2 Å². The zero-order valence-electron chi connectivity index (χ0n) is 10.2. The fraction of sp³-hybridized carbons (Fsp3) is 0.364. The Balaban J connectivity index is 1.95. The lowest BCUT2D eigenvalue weighted by atomic mass is 10.2. The largest absolute Gasteiger partial charge is 0.752 e. The number of benzene rings is 1. The molecule has 3 rings (SSSR count). The molecular formula is C11H14N6O2-2. The Labute approximate surface area is 110 Å². The quantitative estimate of drug-likeness (QED) is 0.730. The highest BCUT2D eigenvalue weighted by Crippen LogP contribution is 2.35. The van der Waals surface area contributed by atoms with E-state index in [-0.39, 0.29) is 17.3 Å². The van der Waals surface area contributed by atoms with Crippen LogP contribution < -0.4 is 26.2 Å². The van der Waals surface area contributed by atoms with Crippen molar-refractivity contribution in [1.29, 1.82) is 0 Å². The fourth-order valence-corrected chi connectivity index (χ4v) is 2.27. The molecule has 8 nitrogen and oxygen atoms in total. The number of fused-ring (bicyclic) bond motifs is 1.